The van der Waals surface area contributed by atoms with Crippen molar-refractivity contribution in [3.05, 3.63) is 69.7 Å². The summed E-state index contributed by atoms with van der Waals surface area (Å²) in [5.41, 5.74) is 2.17. The number of benzene rings is 2. The fourth-order valence-electron chi connectivity index (χ4n) is 2.24. The van der Waals surface area contributed by atoms with Gasteiger partial charge in [0.2, 0.25) is 0 Å². The summed E-state index contributed by atoms with van der Waals surface area (Å²) in [6.45, 7) is 1.91. The first-order chi connectivity index (χ1) is 10.8. The van der Waals surface area contributed by atoms with Crippen molar-refractivity contribution in [2.75, 3.05) is 6.26 Å². The second-order valence-corrected chi connectivity index (χ2v) is 8.48. The minimum Gasteiger partial charge on any atom is -0.345 e. The zero-order valence-electron chi connectivity index (χ0n) is 12.9. The Hall–Kier alpha value is -1.66. The fourth-order valence-corrected chi connectivity index (χ4v) is 3.67. The van der Waals surface area contributed by atoms with Crippen molar-refractivity contribution in [3.8, 4) is 0 Å². The van der Waals surface area contributed by atoms with E-state index < -0.39 is 9.84 Å². The van der Waals surface area contributed by atoms with Crippen LogP contribution in [0, 0.1) is 0 Å². The molecule has 1 N–H and O–H groups in total. The van der Waals surface area contributed by atoms with E-state index in [1.54, 1.807) is 24.3 Å². The lowest BCUT2D eigenvalue weighted by molar-refractivity contribution is 0.0940. The highest BCUT2D eigenvalue weighted by Crippen LogP contribution is 2.23. The van der Waals surface area contributed by atoms with Crippen LogP contribution in [-0.4, -0.2) is 20.6 Å². The molecule has 0 aromatic heterocycles. The van der Waals surface area contributed by atoms with Crippen LogP contribution < -0.4 is 5.32 Å². The molecule has 0 unspecified atom stereocenters. The van der Waals surface area contributed by atoms with Gasteiger partial charge in [-0.25, -0.2) is 8.42 Å². The van der Waals surface area contributed by atoms with Crippen molar-refractivity contribution < 1.29 is 13.2 Å². The molecule has 2 aromatic rings. The lowest BCUT2D eigenvalue weighted by Gasteiger charge is -2.16. The Morgan fingerprint density at radius 3 is 2.30 bits per heavy atom. The summed E-state index contributed by atoms with van der Waals surface area (Å²) in [6.07, 6.45) is 1.19. The molecule has 0 saturated carbocycles. The summed E-state index contributed by atoms with van der Waals surface area (Å²) in [7, 11) is -3.08. The fraction of sp³-hybridized carbons (Fsp3) is 0.235. The SMILES string of the molecule is C[C@H](NC(=O)c1ccc(CS(C)(=O)=O)cc1)c1ccccc1Br. The van der Waals surface area contributed by atoms with Gasteiger partial charge in [-0.2, -0.15) is 0 Å². The van der Waals surface area contributed by atoms with Crippen LogP contribution in [-0.2, 0) is 15.6 Å². The number of carbonyl (C=O) groups excluding carboxylic acids is 1. The first kappa shape index (κ1) is 17.7. The Kier molecular flexibility index (Phi) is 5.59. The smallest absolute Gasteiger partial charge is 0.251 e. The lowest BCUT2D eigenvalue weighted by atomic mass is 10.1. The summed E-state index contributed by atoms with van der Waals surface area (Å²) in [5.74, 6) is -0.221. The zero-order valence-corrected chi connectivity index (χ0v) is 15.3. The summed E-state index contributed by atoms with van der Waals surface area (Å²) in [4.78, 5) is 12.3. The van der Waals surface area contributed by atoms with Gasteiger partial charge < -0.3 is 5.32 Å². The van der Waals surface area contributed by atoms with Gasteiger partial charge in [0.1, 0.15) is 0 Å². The average Bonchev–Trinajstić information content (AvgIpc) is 2.46. The molecule has 1 amide bonds. The quantitative estimate of drug-likeness (QED) is 0.842. The predicted octanol–water partition coefficient (Wildman–Crippen LogP) is 3.48. The molecule has 0 heterocycles. The van der Waals surface area contributed by atoms with Gasteiger partial charge in [-0.1, -0.05) is 46.3 Å². The molecule has 0 radical (unpaired) electrons. The van der Waals surface area contributed by atoms with Crippen molar-refractivity contribution in [2.45, 2.75) is 18.7 Å². The molecule has 6 heteroatoms. The Labute approximate surface area is 145 Å². The van der Waals surface area contributed by atoms with Crippen molar-refractivity contribution in [3.63, 3.8) is 0 Å². The van der Waals surface area contributed by atoms with E-state index in [1.165, 1.54) is 6.26 Å². The molecular weight excluding hydrogens is 378 g/mol. The summed E-state index contributed by atoms with van der Waals surface area (Å²) in [5, 5.41) is 2.93. The van der Waals surface area contributed by atoms with Crippen LogP contribution in [0.5, 0.6) is 0 Å². The highest BCUT2D eigenvalue weighted by molar-refractivity contribution is 9.10. The van der Waals surface area contributed by atoms with Crippen LogP contribution in [0.3, 0.4) is 0 Å². The molecular formula is C17H18BrNO3S. The van der Waals surface area contributed by atoms with Gasteiger partial charge in [0.05, 0.1) is 11.8 Å². The zero-order chi connectivity index (χ0) is 17.0. The molecule has 0 fully saturated rings. The van der Waals surface area contributed by atoms with E-state index in [0.29, 0.717) is 11.1 Å². The molecule has 0 aliphatic carbocycles. The number of rotatable bonds is 5. The summed E-state index contributed by atoms with van der Waals surface area (Å²) in [6, 6.07) is 14.2. The van der Waals surface area contributed by atoms with Gasteiger partial charge >= 0.3 is 0 Å². The first-order valence-corrected chi connectivity index (χ1v) is 9.93. The highest BCUT2D eigenvalue weighted by Gasteiger charge is 2.13. The first-order valence-electron chi connectivity index (χ1n) is 7.08. The lowest BCUT2D eigenvalue weighted by Crippen LogP contribution is -2.26. The van der Waals surface area contributed by atoms with Crippen molar-refractivity contribution in [2.24, 2.45) is 0 Å². The van der Waals surface area contributed by atoms with E-state index in [-0.39, 0.29) is 17.7 Å². The van der Waals surface area contributed by atoms with Crippen LogP contribution in [0.1, 0.15) is 34.5 Å². The number of nitrogens with one attached hydrogen (secondary N) is 1. The van der Waals surface area contributed by atoms with Crippen molar-refractivity contribution in [1.29, 1.82) is 0 Å². The van der Waals surface area contributed by atoms with Gasteiger partial charge in [0, 0.05) is 16.3 Å². The van der Waals surface area contributed by atoms with Crippen LogP contribution in [0.2, 0.25) is 0 Å². The normalized spacial score (nSPS) is 12.7. The number of halogens is 1. The summed E-state index contributed by atoms with van der Waals surface area (Å²) >= 11 is 3.47. The van der Waals surface area contributed by atoms with Gasteiger partial charge in [-0.15, -0.1) is 0 Å². The Balaban J connectivity index is 2.08. The second-order valence-electron chi connectivity index (χ2n) is 5.48. The topological polar surface area (TPSA) is 63.2 Å². The van der Waals surface area contributed by atoms with Gasteiger partial charge in [-0.05, 0) is 36.2 Å². The summed E-state index contributed by atoms with van der Waals surface area (Å²) < 4.78 is 23.5. The molecule has 0 aliphatic heterocycles. The minimum atomic E-state index is -3.08. The number of sulfone groups is 1. The van der Waals surface area contributed by atoms with Crippen LogP contribution >= 0.6 is 15.9 Å². The van der Waals surface area contributed by atoms with E-state index in [1.807, 2.05) is 31.2 Å². The molecule has 122 valence electrons. The van der Waals surface area contributed by atoms with Crippen molar-refractivity contribution in [1.82, 2.24) is 5.32 Å². The maximum atomic E-state index is 12.3. The van der Waals surface area contributed by atoms with E-state index in [9.17, 15) is 13.2 Å². The molecule has 1 atom stereocenters. The monoisotopic (exact) mass is 395 g/mol. The molecule has 2 rings (SSSR count). The van der Waals surface area contributed by atoms with Crippen LogP contribution in [0.4, 0.5) is 0 Å². The minimum absolute atomic E-state index is 0.0255. The second kappa shape index (κ2) is 7.27. The van der Waals surface area contributed by atoms with Crippen LogP contribution in [0.25, 0.3) is 0 Å². The Bertz CT molecular complexity index is 801. The van der Waals surface area contributed by atoms with E-state index in [2.05, 4.69) is 21.2 Å². The number of hydrogen-bond donors (Lipinski definition) is 1. The molecule has 0 spiro atoms. The van der Waals surface area contributed by atoms with Crippen LogP contribution in [0.15, 0.2) is 53.0 Å². The van der Waals surface area contributed by atoms with E-state index in [0.717, 1.165) is 10.0 Å². The van der Waals surface area contributed by atoms with E-state index in [4.69, 9.17) is 0 Å². The Morgan fingerprint density at radius 1 is 1.13 bits per heavy atom. The highest BCUT2D eigenvalue weighted by atomic mass is 79.9. The maximum absolute atomic E-state index is 12.3. The molecule has 0 saturated heterocycles. The third-order valence-electron chi connectivity index (χ3n) is 3.36. The average molecular weight is 396 g/mol. The third-order valence-corrected chi connectivity index (χ3v) is 4.94. The van der Waals surface area contributed by atoms with Gasteiger partial charge in [0.15, 0.2) is 9.84 Å². The van der Waals surface area contributed by atoms with E-state index >= 15 is 0 Å². The molecule has 2 aromatic carbocycles. The Morgan fingerprint density at radius 2 is 1.74 bits per heavy atom. The van der Waals surface area contributed by atoms with Gasteiger partial charge in [-0.3, -0.25) is 4.79 Å². The largest absolute Gasteiger partial charge is 0.345 e. The van der Waals surface area contributed by atoms with Crippen molar-refractivity contribution >= 4 is 31.7 Å². The molecule has 0 bridgehead atoms. The standard InChI is InChI=1S/C17H18BrNO3S/c1-12(15-5-3-4-6-16(15)18)19-17(20)14-9-7-13(8-10-14)11-23(2,21)22/h3-10,12H,11H2,1-2H3,(H,19,20)/t12-/m0/s1. The predicted molar refractivity (Wildman–Crippen MR) is 95.0 cm³/mol. The third kappa shape index (κ3) is 5.18. The number of carbonyl (C=O) groups is 1. The van der Waals surface area contributed by atoms with Gasteiger partial charge in [0.25, 0.3) is 5.91 Å². The maximum Gasteiger partial charge on any atom is 0.251 e. The number of hydrogen-bond acceptors (Lipinski definition) is 3. The number of amides is 1. The molecule has 23 heavy (non-hydrogen) atoms. The molecule has 0 aliphatic rings. The molecule has 4 nitrogen and oxygen atoms in total.